The lowest BCUT2D eigenvalue weighted by atomic mass is 9.92. The van der Waals surface area contributed by atoms with E-state index in [-0.39, 0.29) is 6.04 Å². The standard InChI is InChI=1S/C23H21N3/c1-16-8-10-19(11-9-16)23(26-21-7-3-4-14-24-21)20-13-12-18-6-5-15-25-22(18)17(20)2/h3-15,23H,1-2H3,(H,24,26). The first-order valence-corrected chi connectivity index (χ1v) is 8.81. The van der Waals surface area contributed by atoms with Crippen molar-refractivity contribution in [2.45, 2.75) is 19.9 Å². The van der Waals surface area contributed by atoms with Crippen LogP contribution in [0.15, 0.2) is 79.1 Å². The Kier molecular flexibility index (Phi) is 4.36. The average molecular weight is 339 g/mol. The number of anilines is 1. The highest BCUT2D eigenvalue weighted by Gasteiger charge is 2.18. The van der Waals surface area contributed by atoms with Crippen LogP contribution in [0.3, 0.4) is 0 Å². The Balaban J connectivity index is 1.84. The van der Waals surface area contributed by atoms with Crippen LogP contribution >= 0.6 is 0 Å². The van der Waals surface area contributed by atoms with Crippen molar-refractivity contribution < 1.29 is 0 Å². The molecule has 1 atom stereocenters. The molecule has 1 N–H and O–H groups in total. The van der Waals surface area contributed by atoms with E-state index in [0.717, 1.165) is 16.7 Å². The smallest absolute Gasteiger partial charge is 0.126 e. The molecule has 4 rings (SSSR count). The molecule has 3 nitrogen and oxygen atoms in total. The van der Waals surface area contributed by atoms with Gasteiger partial charge in [0.05, 0.1) is 11.6 Å². The fourth-order valence-corrected chi connectivity index (χ4v) is 3.32. The summed E-state index contributed by atoms with van der Waals surface area (Å²) in [4.78, 5) is 9.05. The van der Waals surface area contributed by atoms with Gasteiger partial charge in [-0.2, -0.15) is 0 Å². The zero-order chi connectivity index (χ0) is 17.9. The normalized spacial score (nSPS) is 12.1. The number of aromatic nitrogens is 2. The molecule has 0 saturated heterocycles. The summed E-state index contributed by atoms with van der Waals surface area (Å²) in [5.41, 5.74) is 5.91. The van der Waals surface area contributed by atoms with Gasteiger partial charge < -0.3 is 5.32 Å². The number of rotatable bonds is 4. The summed E-state index contributed by atoms with van der Waals surface area (Å²) in [5.74, 6) is 0.860. The van der Waals surface area contributed by atoms with E-state index in [0.29, 0.717) is 0 Å². The third-order valence-electron chi connectivity index (χ3n) is 4.75. The van der Waals surface area contributed by atoms with E-state index in [1.807, 2.05) is 36.7 Å². The lowest BCUT2D eigenvalue weighted by molar-refractivity contribution is 0.916. The molecule has 4 aromatic rings. The fraction of sp³-hybridized carbons (Fsp3) is 0.130. The van der Waals surface area contributed by atoms with E-state index in [9.17, 15) is 0 Å². The maximum Gasteiger partial charge on any atom is 0.126 e. The number of aryl methyl sites for hydroxylation is 2. The Morgan fingerprint density at radius 1 is 0.769 bits per heavy atom. The van der Waals surface area contributed by atoms with Gasteiger partial charge >= 0.3 is 0 Å². The molecule has 1 unspecified atom stereocenters. The number of pyridine rings is 2. The third kappa shape index (κ3) is 3.16. The minimum atomic E-state index is 0.0110. The molecule has 2 heterocycles. The summed E-state index contributed by atoms with van der Waals surface area (Å²) in [6.45, 7) is 4.25. The van der Waals surface area contributed by atoms with Crippen molar-refractivity contribution in [3.05, 3.63) is 101 Å². The zero-order valence-electron chi connectivity index (χ0n) is 15.0. The van der Waals surface area contributed by atoms with Crippen molar-refractivity contribution in [2.75, 3.05) is 5.32 Å². The third-order valence-corrected chi connectivity index (χ3v) is 4.75. The molecule has 0 radical (unpaired) electrons. The van der Waals surface area contributed by atoms with Crippen LogP contribution in [0.2, 0.25) is 0 Å². The molecule has 0 saturated carbocycles. The summed E-state index contributed by atoms with van der Waals surface area (Å²) in [6, 6.07) is 23.0. The summed E-state index contributed by atoms with van der Waals surface area (Å²) < 4.78 is 0. The molecule has 2 aromatic heterocycles. The number of nitrogens with one attached hydrogen (secondary N) is 1. The van der Waals surface area contributed by atoms with Crippen molar-refractivity contribution >= 4 is 16.7 Å². The van der Waals surface area contributed by atoms with Gasteiger partial charge in [-0.25, -0.2) is 4.98 Å². The number of hydrogen-bond donors (Lipinski definition) is 1. The number of fused-ring (bicyclic) bond motifs is 1. The van der Waals surface area contributed by atoms with Crippen LogP contribution in [0, 0.1) is 13.8 Å². The zero-order valence-corrected chi connectivity index (χ0v) is 15.0. The molecule has 2 aromatic carbocycles. The average Bonchev–Trinajstić information content (AvgIpc) is 2.69. The maximum atomic E-state index is 4.60. The lowest BCUT2D eigenvalue weighted by Crippen LogP contribution is -2.14. The van der Waals surface area contributed by atoms with Gasteiger partial charge in [0.25, 0.3) is 0 Å². The molecule has 0 fully saturated rings. The van der Waals surface area contributed by atoms with Gasteiger partial charge in [0.2, 0.25) is 0 Å². The van der Waals surface area contributed by atoms with Crippen molar-refractivity contribution in [3.8, 4) is 0 Å². The van der Waals surface area contributed by atoms with Crippen molar-refractivity contribution in [1.82, 2.24) is 9.97 Å². The Bertz CT molecular complexity index is 1020. The Labute approximate surface area is 153 Å². The minimum Gasteiger partial charge on any atom is -0.359 e. The molecular weight excluding hydrogens is 318 g/mol. The number of hydrogen-bond acceptors (Lipinski definition) is 3. The molecule has 0 aliphatic rings. The topological polar surface area (TPSA) is 37.8 Å². The highest BCUT2D eigenvalue weighted by Crippen LogP contribution is 2.31. The lowest BCUT2D eigenvalue weighted by Gasteiger charge is -2.23. The highest BCUT2D eigenvalue weighted by molar-refractivity contribution is 5.83. The Hall–Kier alpha value is -3.20. The molecule has 0 amide bonds. The SMILES string of the molecule is Cc1ccc(C(Nc2ccccn2)c2ccc3cccnc3c2C)cc1. The van der Waals surface area contributed by atoms with Gasteiger partial charge in [0.15, 0.2) is 0 Å². The first-order valence-electron chi connectivity index (χ1n) is 8.81. The van der Waals surface area contributed by atoms with Crippen molar-refractivity contribution in [1.29, 1.82) is 0 Å². The quantitative estimate of drug-likeness (QED) is 0.537. The predicted molar refractivity (Wildman–Crippen MR) is 107 cm³/mol. The van der Waals surface area contributed by atoms with Gasteiger partial charge in [0, 0.05) is 17.8 Å². The largest absolute Gasteiger partial charge is 0.359 e. The second-order valence-electron chi connectivity index (χ2n) is 6.56. The monoisotopic (exact) mass is 339 g/mol. The second-order valence-corrected chi connectivity index (χ2v) is 6.56. The van der Waals surface area contributed by atoms with E-state index in [1.165, 1.54) is 22.3 Å². The van der Waals surface area contributed by atoms with Crippen LogP contribution in [0.5, 0.6) is 0 Å². The molecule has 26 heavy (non-hydrogen) atoms. The molecule has 0 bridgehead atoms. The van der Waals surface area contributed by atoms with Crippen molar-refractivity contribution in [2.24, 2.45) is 0 Å². The van der Waals surface area contributed by atoms with E-state index in [2.05, 4.69) is 71.6 Å². The van der Waals surface area contributed by atoms with Crippen LogP contribution < -0.4 is 5.32 Å². The minimum absolute atomic E-state index is 0.0110. The van der Waals surface area contributed by atoms with Crippen LogP contribution in [-0.4, -0.2) is 9.97 Å². The van der Waals surface area contributed by atoms with Gasteiger partial charge in [-0.15, -0.1) is 0 Å². The van der Waals surface area contributed by atoms with Crippen LogP contribution in [0.4, 0.5) is 5.82 Å². The summed E-state index contributed by atoms with van der Waals surface area (Å²) in [7, 11) is 0. The number of nitrogens with zero attached hydrogens (tertiary/aromatic N) is 2. The Morgan fingerprint density at radius 3 is 2.35 bits per heavy atom. The van der Waals surface area contributed by atoms with E-state index >= 15 is 0 Å². The molecule has 0 aliphatic carbocycles. The van der Waals surface area contributed by atoms with Gasteiger partial charge in [-0.3, -0.25) is 4.98 Å². The van der Waals surface area contributed by atoms with Crippen LogP contribution in [-0.2, 0) is 0 Å². The van der Waals surface area contributed by atoms with Gasteiger partial charge in [-0.05, 0) is 48.7 Å². The van der Waals surface area contributed by atoms with E-state index < -0.39 is 0 Å². The highest BCUT2D eigenvalue weighted by atomic mass is 15.0. The summed E-state index contributed by atoms with van der Waals surface area (Å²) in [5, 5.41) is 4.76. The molecule has 3 heteroatoms. The van der Waals surface area contributed by atoms with Crippen LogP contribution in [0.25, 0.3) is 10.9 Å². The molecule has 0 aliphatic heterocycles. The fourth-order valence-electron chi connectivity index (χ4n) is 3.32. The molecule has 0 spiro atoms. The summed E-state index contributed by atoms with van der Waals surface area (Å²) >= 11 is 0. The Morgan fingerprint density at radius 2 is 1.58 bits per heavy atom. The van der Waals surface area contributed by atoms with Gasteiger partial charge in [0.1, 0.15) is 5.82 Å². The van der Waals surface area contributed by atoms with Crippen LogP contribution in [0.1, 0.15) is 28.3 Å². The molecular formula is C23H21N3. The summed E-state index contributed by atoms with van der Waals surface area (Å²) in [6.07, 6.45) is 3.66. The van der Waals surface area contributed by atoms with E-state index in [1.54, 1.807) is 0 Å². The van der Waals surface area contributed by atoms with Crippen molar-refractivity contribution in [3.63, 3.8) is 0 Å². The first kappa shape index (κ1) is 16.3. The second kappa shape index (κ2) is 6.96. The number of benzene rings is 2. The first-order chi connectivity index (χ1) is 12.7. The predicted octanol–water partition coefficient (Wildman–Crippen LogP) is 5.45. The maximum absolute atomic E-state index is 4.60. The van der Waals surface area contributed by atoms with Gasteiger partial charge in [-0.1, -0.05) is 54.1 Å². The van der Waals surface area contributed by atoms with E-state index in [4.69, 9.17) is 0 Å². The molecule has 128 valence electrons.